The molecule has 0 radical (unpaired) electrons. The number of nitrogens with one attached hydrogen (secondary N) is 1. The number of rotatable bonds is 13. The molecular weight excluding hydrogens is 602 g/mol. The summed E-state index contributed by atoms with van der Waals surface area (Å²) in [7, 11) is -3.58. The first-order chi connectivity index (χ1) is 18.6. The predicted molar refractivity (Wildman–Crippen MR) is 160 cm³/mol. The first-order valence-electron chi connectivity index (χ1n) is 12.7. The van der Waals surface area contributed by atoms with Crippen LogP contribution in [0.5, 0.6) is 0 Å². The van der Waals surface area contributed by atoms with Gasteiger partial charge in [-0.15, -0.1) is 0 Å². The molecule has 0 aromatic heterocycles. The third kappa shape index (κ3) is 9.37. The zero-order chi connectivity index (χ0) is 28.4. The molecule has 1 atom stereocenters. The first-order valence-corrected chi connectivity index (χ1v) is 15.7. The van der Waals surface area contributed by atoms with E-state index < -0.39 is 16.1 Å². The minimum Gasteiger partial charge on any atom is -0.355 e. The molecule has 3 aromatic carbocycles. The monoisotopic (exact) mass is 633 g/mol. The molecule has 0 aliphatic carbocycles. The van der Waals surface area contributed by atoms with Crippen molar-refractivity contribution in [2.24, 2.45) is 0 Å². The zero-order valence-corrected chi connectivity index (χ0v) is 25.2. The van der Waals surface area contributed by atoms with Crippen molar-refractivity contribution in [1.29, 1.82) is 0 Å². The number of amides is 2. The number of nitrogens with zero attached hydrogens (tertiary/aromatic N) is 2. The lowest BCUT2D eigenvalue weighted by Crippen LogP contribution is -2.50. The molecule has 2 amide bonds. The lowest BCUT2D eigenvalue weighted by Gasteiger charge is -2.32. The second-order valence-corrected chi connectivity index (χ2v) is 12.4. The van der Waals surface area contributed by atoms with Gasteiger partial charge in [0.1, 0.15) is 6.04 Å². The van der Waals surface area contributed by atoms with E-state index in [1.54, 1.807) is 29.2 Å². The van der Waals surface area contributed by atoms with Crippen LogP contribution in [0.3, 0.4) is 0 Å². The summed E-state index contributed by atoms with van der Waals surface area (Å²) in [5.74, 6) is -0.458. The number of benzene rings is 3. The van der Waals surface area contributed by atoms with E-state index in [4.69, 9.17) is 11.6 Å². The van der Waals surface area contributed by atoms with Crippen LogP contribution in [0.4, 0.5) is 5.69 Å². The Morgan fingerprint density at radius 3 is 2.18 bits per heavy atom. The number of carbonyl (C=O) groups is 2. The molecule has 0 aliphatic rings. The van der Waals surface area contributed by atoms with Crippen molar-refractivity contribution in [2.75, 3.05) is 23.7 Å². The lowest BCUT2D eigenvalue weighted by molar-refractivity contribution is -0.141. The number of hydrogen-bond donors (Lipinski definition) is 1. The number of likely N-dealkylation sites (N-methyl/N-ethyl adjacent to an activating group) is 1. The highest BCUT2D eigenvalue weighted by Gasteiger charge is 2.30. The summed E-state index contributed by atoms with van der Waals surface area (Å²) in [6.45, 7) is 2.64. The topological polar surface area (TPSA) is 86.8 Å². The van der Waals surface area contributed by atoms with Crippen molar-refractivity contribution in [1.82, 2.24) is 10.2 Å². The fourth-order valence-corrected chi connectivity index (χ4v) is 5.60. The van der Waals surface area contributed by atoms with Gasteiger partial charge in [0, 0.05) is 42.0 Å². The number of sulfonamides is 1. The molecule has 1 N–H and O–H groups in total. The molecule has 0 spiro atoms. The summed E-state index contributed by atoms with van der Waals surface area (Å²) in [5.41, 5.74) is 2.30. The summed E-state index contributed by atoms with van der Waals surface area (Å²) in [4.78, 5) is 28.6. The third-order valence-electron chi connectivity index (χ3n) is 6.16. The maximum absolute atomic E-state index is 13.7. The summed E-state index contributed by atoms with van der Waals surface area (Å²) in [6, 6.07) is 23.0. The average molecular weight is 635 g/mol. The highest BCUT2D eigenvalue weighted by molar-refractivity contribution is 9.10. The molecule has 0 saturated heterocycles. The highest BCUT2D eigenvalue weighted by Crippen LogP contribution is 2.22. The average Bonchev–Trinajstić information content (AvgIpc) is 2.90. The minimum atomic E-state index is -3.58. The van der Waals surface area contributed by atoms with E-state index in [2.05, 4.69) is 21.2 Å². The van der Waals surface area contributed by atoms with Crippen LogP contribution in [0.2, 0.25) is 5.02 Å². The lowest BCUT2D eigenvalue weighted by atomic mass is 10.0. The Bertz CT molecular complexity index is 1340. The molecule has 10 heteroatoms. The normalized spacial score (nSPS) is 12.0. The molecule has 39 heavy (non-hydrogen) atoms. The minimum absolute atomic E-state index is 0.0703. The van der Waals surface area contributed by atoms with E-state index in [-0.39, 0.29) is 37.7 Å². The highest BCUT2D eigenvalue weighted by atomic mass is 79.9. The van der Waals surface area contributed by atoms with Gasteiger partial charge in [-0.1, -0.05) is 70.0 Å². The zero-order valence-electron chi connectivity index (χ0n) is 22.0. The van der Waals surface area contributed by atoms with E-state index in [1.165, 1.54) is 4.31 Å². The van der Waals surface area contributed by atoms with Crippen LogP contribution < -0.4 is 9.62 Å². The van der Waals surface area contributed by atoms with E-state index in [0.717, 1.165) is 21.9 Å². The molecule has 0 heterocycles. The molecule has 3 rings (SSSR count). The molecule has 0 unspecified atom stereocenters. The molecule has 3 aromatic rings. The van der Waals surface area contributed by atoms with Gasteiger partial charge in [-0.05, 0) is 60.9 Å². The van der Waals surface area contributed by atoms with Crippen molar-refractivity contribution in [3.8, 4) is 0 Å². The van der Waals surface area contributed by atoms with Gasteiger partial charge in [0.05, 0.1) is 11.9 Å². The third-order valence-corrected chi connectivity index (χ3v) is 8.13. The summed E-state index contributed by atoms with van der Waals surface area (Å²) in [6.07, 6.45) is 1.84. The Morgan fingerprint density at radius 2 is 1.59 bits per heavy atom. The van der Waals surface area contributed by atoms with Crippen LogP contribution in [0.15, 0.2) is 83.3 Å². The van der Waals surface area contributed by atoms with E-state index in [9.17, 15) is 18.0 Å². The van der Waals surface area contributed by atoms with Crippen LogP contribution in [-0.4, -0.2) is 50.5 Å². The standard InChI is InChI=1S/C29H33BrClN3O4S/c1-3-32-29(36)27(20-22-8-5-4-6-9-22)33(21-23-11-13-24(30)14-12-23)28(35)10-7-19-34(39(2,37)38)26-17-15-25(31)16-18-26/h4-6,8-9,11-18,27H,3,7,10,19-21H2,1-2H3,(H,32,36)/t27-/m0/s1. The summed E-state index contributed by atoms with van der Waals surface area (Å²) in [5, 5.41) is 3.38. The summed E-state index contributed by atoms with van der Waals surface area (Å²) < 4.78 is 27.2. The number of anilines is 1. The van der Waals surface area contributed by atoms with E-state index in [0.29, 0.717) is 23.7 Å². The van der Waals surface area contributed by atoms with Crippen LogP contribution in [0, 0.1) is 0 Å². The van der Waals surface area contributed by atoms with Gasteiger partial charge in [-0.3, -0.25) is 13.9 Å². The SMILES string of the molecule is CCNC(=O)[C@H](Cc1ccccc1)N(Cc1ccc(Br)cc1)C(=O)CCCN(c1ccc(Cl)cc1)S(C)(=O)=O. The van der Waals surface area contributed by atoms with Gasteiger partial charge >= 0.3 is 0 Å². The molecule has 0 fully saturated rings. The quantitative estimate of drug-likeness (QED) is 0.272. The molecular formula is C29H33BrClN3O4S. The molecule has 0 saturated carbocycles. The van der Waals surface area contributed by atoms with Crippen molar-refractivity contribution in [3.63, 3.8) is 0 Å². The smallest absolute Gasteiger partial charge is 0.243 e. The maximum atomic E-state index is 13.7. The molecule has 208 valence electrons. The fraction of sp³-hybridized carbons (Fsp3) is 0.310. The summed E-state index contributed by atoms with van der Waals surface area (Å²) >= 11 is 9.41. The molecule has 0 bridgehead atoms. The van der Waals surface area contributed by atoms with Crippen molar-refractivity contribution in [2.45, 2.75) is 38.8 Å². The Morgan fingerprint density at radius 1 is 0.949 bits per heavy atom. The fourth-order valence-electron chi connectivity index (χ4n) is 4.24. The van der Waals surface area contributed by atoms with Crippen LogP contribution in [0.1, 0.15) is 30.9 Å². The van der Waals surface area contributed by atoms with Crippen molar-refractivity contribution in [3.05, 3.63) is 99.5 Å². The number of hydrogen-bond acceptors (Lipinski definition) is 4. The van der Waals surface area contributed by atoms with Crippen LogP contribution in [0.25, 0.3) is 0 Å². The van der Waals surface area contributed by atoms with Gasteiger partial charge in [0.2, 0.25) is 21.8 Å². The second kappa shape index (κ2) is 14.5. The van der Waals surface area contributed by atoms with Gasteiger partial charge in [0.15, 0.2) is 0 Å². The number of carbonyl (C=O) groups excluding carboxylic acids is 2. The van der Waals surface area contributed by atoms with Crippen molar-refractivity contribution >= 4 is 55.1 Å². The largest absolute Gasteiger partial charge is 0.355 e. The van der Waals surface area contributed by atoms with Gasteiger partial charge in [0.25, 0.3) is 0 Å². The van der Waals surface area contributed by atoms with Crippen LogP contribution >= 0.6 is 27.5 Å². The first kappa shape index (κ1) is 30.7. The van der Waals surface area contributed by atoms with Crippen molar-refractivity contribution < 1.29 is 18.0 Å². The maximum Gasteiger partial charge on any atom is 0.243 e. The van der Waals surface area contributed by atoms with Gasteiger partial charge in [-0.2, -0.15) is 0 Å². The number of halogens is 2. The predicted octanol–water partition coefficient (Wildman–Crippen LogP) is 5.42. The van der Waals surface area contributed by atoms with Gasteiger partial charge < -0.3 is 10.2 Å². The Kier molecular flexibility index (Phi) is 11.4. The Labute approximate surface area is 244 Å². The molecule has 0 aliphatic heterocycles. The van der Waals surface area contributed by atoms with Gasteiger partial charge in [-0.25, -0.2) is 8.42 Å². The Hall–Kier alpha value is -2.88. The van der Waals surface area contributed by atoms with E-state index in [1.807, 2.05) is 61.5 Å². The second-order valence-electron chi connectivity index (χ2n) is 9.16. The van der Waals surface area contributed by atoms with Crippen LogP contribution in [-0.2, 0) is 32.6 Å². The molecule has 7 nitrogen and oxygen atoms in total. The van der Waals surface area contributed by atoms with E-state index >= 15 is 0 Å². The Balaban J connectivity index is 1.85.